The van der Waals surface area contributed by atoms with Gasteiger partial charge in [0.05, 0.1) is 5.92 Å². The van der Waals surface area contributed by atoms with Gasteiger partial charge < -0.3 is 5.32 Å². The van der Waals surface area contributed by atoms with Crippen molar-refractivity contribution in [2.24, 2.45) is 11.8 Å². The monoisotopic (exact) mass is 289 g/mol. The first-order valence-electron chi connectivity index (χ1n) is 6.68. The summed E-state index contributed by atoms with van der Waals surface area (Å²) in [6.45, 7) is 3.67. The molecule has 1 saturated carbocycles. The van der Waals surface area contributed by atoms with E-state index < -0.39 is 12.1 Å². The van der Waals surface area contributed by atoms with Crippen LogP contribution in [0.15, 0.2) is 0 Å². The molecule has 0 atom stereocenters. The number of amides is 1. The van der Waals surface area contributed by atoms with Gasteiger partial charge in [-0.25, -0.2) is 0 Å². The Bertz CT molecular complexity index is 488. The lowest BCUT2D eigenvalue weighted by atomic mass is 9.81. The van der Waals surface area contributed by atoms with Crippen LogP contribution in [0.2, 0.25) is 0 Å². The Labute approximate surface area is 115 Å². The van der Waals surface area contributed by atoms with Crippen LogP contribution in [0.1, 0.15) is 36.9 Å². The lowest BCUT2D eigenvalue weighted by molar-refractivity contribution is -0.184. The number of carbonyl (C=O) groups is 1. The van der Waals surface area contributed by atoms with Crippen molar-refractivity contribution in [2.45, 2.75) is 45.7 Å². The van der Waals surface area contributed by atoms with E-state index in [0.717, 1.165) is 11.3 Å². The average Bonchev–Trinajstić information content (AvgIpc) is 2.70. The number of aryl methyl sites for hydroxylation is 1. The lowest BCUT2D eigenvalue weighted by Gasteiger charge is -2.28. The van der Waals surface area contributed by atoms with Gasteiger partial charge in [-0.05, 0) is 39.5 Å². The highest BCUT2D eigenvalue weighted by Crippen LogP contribution is 2.39. The molecule has 0 saturated heterocycles. The maximum absolute atomic E-state index is 12.6. The molecule has 7 heteroatoms. The Hall–Kier alpha value is -1.53. The number of rotatable bonds is 2. The highest BCUT2D eigenvalue weighted by Gasteiger charge is 2.42. The van der Waals surface area contributed by atoms with E-state index in [1.165, 1.54) is 0 Å². The number of halogens is 3. The van der Waals surface area contributed by atoms with E-state index in [9.17, 15) is 18.0 Å². The van der Waals surface area contributed by atoms with E-state index in [0.29, 0.717) is 5.82 Å². The van der Waals surface area contributed by atoms with Crippen LogP contribution in [-0.4, -0.2) is 22.3 Å². The van der Waals surface area contributed by atoms with Gasteiger partial charge in [0.15, 0.2) is 5.82 Å². The predicted octanol–water partition coefficient (Wildman–Crippen LogP) is 3.33. The summed E-state index contributed by atoms with van der Waals surface area (Å²) in [6, 6.07) is 0. The summed E-state index contributed by atoms with van der Waals surface area (Å²) in [5.74, 6) is -1.39. The number of alkyl halides is 3. The van der Waals surface area contributed by atoms with Crippen LogP contribution in [0, 0.1) is 25.7 Å². The van der Waals surface area contributed by atoms with Crippen molar-refractivity contribution in [3.05, 3.63) is 11.3 Å². The number of hydrogen-bond donors (Lipinski definition) is 2. The lowest BCUT2D eigenvalue weighted by Crippen LogP contribution is -2.32. The van der Waals surface area contributed by atoms with E-state index in [2.05, 4.69) is 15.5 Å². The number of nitrogens with zero attached hydrogens (tertiary/aromatic N) is 1. The molecule has 20 heavy (non-hydrogen) atoms. The molecule has 1 aliphatic carbocycles. The number of hydrogen-bond acceptors (Lipinski definition) is 2. The van der Waals surface area contributed by atoms with E-state index in [1.807, 2.05) is 13.8 Å². The van der Waals surface area contributed by atoms with Gasteiger partial charge in [-0.1, -0.05) is 0 Å². The molecule has 0 bridgehead atoms. The topological polar surface area (TPSA) is 57.8 Å². The van der Waals surface area contributed by atoms with Crippen molar-refractivity contribution in [1.29, 1.82) is 0 Å². The molecule has 2 rings (SSSR count). The van der Waals surface area contributed by atoms with Gasteiger partial charge in [-0.2, -0.15) is 18.3 Å². The predicted molar refractivity (Wildman–Crippen MR) is 68.2 cm³/mol. The summed E-state index contributed by atoms with van der Waals surface area (Å²) >= 11 is 0. The van der Waals surface area contributed by atoms with Crippen molar-refractivity contribution in [3.8, 4) is 0 Å². The third-order valence-corrected chi connectivity index (χ3v) is 4.06. The van der Waals surface area contributed by atoms with Gasteiger partial charge in [0.25, 0.3) is 0 Å². The van der Waals surface area contributed by atoms with Crippen molar-refractivity contribution in [2.75, 3.05) is 5.32 Å². The minimum Gasteiger partial charge on any atom is -0.309 e. The van der Waals surface area contributed by atoms with E-state index in [-0.39, 0.29) is 37.5 Å². The van der Waals surface area contributed by atoms with Gasteiger partial charge in [-0.3, -0.25) is 9.89 Å². The van der Waals surface area contributed by atoms with Crippen LogP contribution in [0.3, 0.4) is 0 Å². The largest absolute Gasteiger partial charge is 0.391 e. The van der Waals surface area contributed by atoms with Crippen molar-refractivity contribution >= 4 is 11.7 Å². The fraction of sp³-hybridized carbons (Fsp3) is 0.692. The zero-order chi connectivity index (χ0) is 14.9. The molecule has 1 heterocycles. The molecule has 0 aliphatic heterocycles. The van der Waals surface area contributed by atoms with Crippen molar-refractivity contribution < 1.29 is 18.0 Å². The fourth-order valence-electron chi connectivity index (χ4n) is 2.51. The van der Waals surface area contributed by atoms with Crippen LogP contribution in [0.5, 0.6) is 0 Å². The second kappa shape index (κ2) is 5.46. The molecular weight excluding hydrogens is 271 g/mol. The summed E-state index contributed by atoms with van der Waals surface area (Å²) in [5, 5.41) is 9.42. The molecule has 1 amide bonds. The average molecular weight is 289 g/mol. The Morgan fingerprint density at radius 3 is 2.30 bits per heavy atom. The highest BCUT2D eigenvalue weighted by atomic mass is 19.4. The summed E-state index contributed by atoms with van der Waals surface area (Å²) in [5.41, 5.74) is 1.71. The van der Waals surface area contributed by atoms with Crippen LogP contribution in [0.25, 0.3) is 0 Å². The summed E-state index contributed by atoms with van der Waals surface area (Å²) < 4.78 is 37.7. The normalized spacial score (nSPS) is 23.6. The fourth-order valence-corrected chi connectivity index (χ4v) is 2.51. The number of anilines is 1. The minimum absolute atomic E-state index is 0.0279. The molecule has 1 fully saturated rings. The van der Waals surface area contributed by atoms with Crippen LogP contribution in [0.4, 0.5) is 19.0 Å². The molecule has 0 aromatic carbocycles. The first kappa shape index (κ1) is 14.9. The third-order valence-electron chi connectivity index (χ3n) is 4.06. The maximum atomic E-state index is 12.6. The van der Waals surface area contributed by atoms with E-state index in [1.54, 1.807) is 0 Å². The van der Waals surface area contributed by atoms with Crippen LogP contribution in [-0.2, 0) is 4.79 Å². The van der Waals surface area contributed by atoms with Crippen molar-refractivity contribution in [3.63, 3.8) is 0 Å². The molecule has 1 aromatic rings. The Morgan fingerprint density at radius 2 is 1.85 bits per heavy atom. The number of carbonyl (C=O) groups excluding carboxylic acids is 1. The Balaban J connectivity index is 1.91. The van der Waals surface area contributed by atoms with Gasteiger partial charge >= 0.3 is 6.18 Å². The molecule has 0 radical (unpaired) electrons. The highest BCUT2D eigenvalue weighted by molar-refractivity contribution is 5.92. The Morgan fingerprint density at radius 1 is 1.25 bits per heavy atom. The molecule has 2 N–H and O–H groups in total. The van der Waals surface area contributed by atoms with Crippen LogP contribution >= 0.6 is 0 Å². The number of aromatic amines is 1. The maximum Gasteiger partial charge on any atom is 0.391 e. The number of H-pyrrole nitrogens is 1. The minimum atomic E-state index is -4.14. The second-order valence-electron chi connectivity index (χ2n) is 5.40. The molecule has 112 valence electrons. The molecule has 1 aliphatic rings. The summed E-state index contributed by atoms with van der Waals surface area (Å²) in [6.07, 6.45) is -3.53. The molecular formula is C13H18F3N3O. The van der Waals surface area contributed by atoms with Gasteiger partial charge in [0, 0.05) is 17.2 Å². The summed E-state index contributed by atoms with van der Waals surface area (Å²) in [4.78, 5) is 12.0. The van der Waals surface area contributed by atoms with Crippen molar-refractivity contribution in [1.82, 2.24) is 10.2 Å². The number of aromatic nitrogens is 2. The first-order valence-corrected chi connectivity index (χ1v) is 6.68. The van der Waals surface area contributed by atoms with E-state index >= 15 is 0 Å². The van der Waals surface area contributed by atoms with Gasteiger partial charge in [-0.15, -0.1) is 0 Å². The zero-order valence-corrected chi connectivity index (χ0v) is 11.5. The smallest absolute Gasteiger partial charge is 0.309 e. The zero-order valence-electron chi connectivity index (χ0n) is 11.5. The molecule has 1 aromatic heterocycles. The van der Waals surface area contributed by atoms with Gasteiger partial charge in [0.1, 0.15) is 0 Å². The first-order chi connectivity index (χ1) is 9.29. The standard InChI is InChI=1S/C13H18F3N3O/c1-7-8(2)18-19-11(7)17-12(20)9-3-5-10(6-4-9)13(14,15)16/h9-10H,3-6H2,1-2H3,(H2,17,18,19,20). The SMILES string of the molecule is Cc1[nH]nc(NC(=O)C2CCC(C(F)(F)F)CC2)c1C. The molecule has 0 unspecified atom stereocenters. The third kappa shape index (κ3) is 3.13. The van der Waals surface area contributed by atoms with E-state index in [4.69, 9.17) is 0 Å². The molecule has 4 nitrogen and oxygen atoms in total. The van der Waals surface area contributed by atoms with Gasteiger partial charge in [0.2, 0.25) is 5.91 Å². The Kier molecular flexibility index (Phi) is 4.06. The molecule has 0 spiro atoms. The summed E-state index contributed by atoms with van der Waals surface area (Å²) in [7, 11) is 0. The van der Waals surface area contributed by atoms with Crippen LogP contribution < -0.4 is 5.32 Å². The quantitative estimate of drug-likeness (QED) is 0.877. The second-order valence-corrected chi connectivity index (χ2v) is 5.40. The number of nitrogens with one attached hydrogen (secondary N) is 2.